The molecule has 11 aromatic rings. The summed E-state index contributed by atoms with van der Waals surface area (Å²) in [5.41, 5.74) is 24.3. The third kappa shape index (κ3) is 6.89. The van der Waals surface area contributed by atoms with E-state index >= 15 is 0 Å². The first-order chi connectivity index (χ1) is 38.5. The standard InChI is InChI=1S/C76H58N2/c1-50-22-21-23-53(44-50)66-47-54(45-51(2)74(66)77-59-39-41-63-61-32-15-18-35-68(61)75(70(63)48-59,55-24-7-3-8-25-55)56-26-9-4-10-27-56)52-38-43-73-67(46-52)65-34-17-20-37-72(65)78(73)60-40-42-64-62-33-16-19-36-69(62)76(71(64)49-60,57-28-11-5-12-29-57)58-30-13-6-14-31-58/h3-21,23-51,74,77H,22H2,1-2H3/t50-,51?,74?/m0/s1. The Morgan fingerprint density at radius 2 is 0.936 bits per heavy atom. The summed E-state index contributed by atoms with van der Waals surface area (Å²) in [6, 6.07) is 93.0. The normalized spacial score (nSPS) is 18.3. The van der Waals surface area contributed by atoms with Gasteiger partial charge in [0.25, 0.3) is 0 Å². The predicted molar refractivity (Wildman–Crippen MR) is 325 cm³/mol. The molecule has 2 unspecified atom stereocenters. The Bertz CT molecular complexity index is 4210. The van der Waals surface area contributed by atoms with E-state index in [1.54, 1.807) is 0 Å². The van der Waals surface area contributed by atoms with E-state index in [1.165, 1.54) is 111 Å². The first-order valence-corrected chi connectivity index (χ1v) is 27.8. The van der Waals surface area contributed by atoms with Crippen molar-refractivity contribution in [2.24, 2.45) is 11.8 Å². The molecule has 0 aliphatic heterocycles. The Kier molecular flexibility index (Phi) is 10.8. The molecule has 3 atom stereocenters. The summed E-state index contributed by atoms with van der Waals surface area (Å²) < 4.78 is 2.50. The van der Waals surface area contributed by atoms with Crippen molar-refractivity contribution in [3.05, 3.63) is 340 Å². The Morgan fingerprint density at radius 3 is 1.54 bits per heavy atom. The minimum absolute atomic E-state index is 0.0371. The van der Waals surface area contributed by atoms with Crippen molar-refractivity contribution >= 4 is 33.1 Å². The lowest BCUT2D eigenvalue weighted by atomic mass is 9.67. The first-order valence-electron chi connectivity index (χ1n) is 27.8. The highest BCUT2D eigenvalue weighted by molar-refractivity contribution is 6.10. The number of hydrogen-bond acceptors (Lipinski definition) is 1. The lowest BCUT2D eigenvalue weighted by Gasteiger charge is -2.35. The number of anilines is 1. The fraction of sp³-hybridized carbons (Fsp3) is 0.105. The molecule has 0 amide bonds. The largest absolute Gasteiger partial charge is 0.378 e. The summed E-state index contributed by atoms with van der Waals surface area (Å²) >= 11 is 0. The number of para-hydroxylation sites is 1. The molecule has 0 saturated carbocycles. The minimum Gasteiger partial charge on any atom is -0.378 e. The molecular formula is C76H58N2. The number of nitrogens with zero attached hydrogens (tertiary/aromatic N) is 1. The lowest BCUT2D eigenvalue weighted by molar-refractivity contribution is 0.635. The van der Waals surface area contributed by atoms with E-state index in [1.807, 2.05) is 0 Å². The van der Waals surface area contributed by atoms with Gasteiger partial charge in [-0.1, -0.05) is 244 Å². The van der Waals surface area contributed by atoms with Gasteiger partial charge in [0, 0.05) is 22.1 Å². The van der Waals surface area contributed by atoms with E-state index in [0.717, 1.165) is 17.8 Å². The molecule has 2 heteroatoms. The van der Waals surface area contributed by atoms with Crippen molar-refractivity contribution in [1.29, 1.82) is 0 Å². The quantitative estimate of drug-likeness (QED) is 0.152. The summed E-state index contributed by atoms with van der Waals surface area (Å²) in [6.07, 6.45) is 13.3. The second-order valence-corrected chi connectivity index (χ2v) is 22.1. The fourth-order valence-corrected chi connectivity index (χ4v) is 14.4. The highest BCUT2D eigenvalue weighted by Crippen LogP contribution is 2.58. The summed E-state index contributed by atoms with van der Waals surface area (Å²) in [6.45, 7) is 4.73. The van der Waals surface area contributed by atoms with Gasteiger partial charge in [-0.3, -0.25) is 0 Å². The molecule has 10 aromatic carbocycles. The number of fused-ring (bicyclic) bond motifs is 9. The summed E-state index contributed by atoms with van der Waals surface area (Å²) in [5, 5.41) is 6.69. The van der Waals surface area contributed by atoms with Gasteiger partial charge in [-0.25, -0.2) is 0 Å². The molecule has 1 aromatic heterocycles. The van der Waals surface area contributed by atoms with Crippen LogP contribution < -0.4 is 5.32 Å². The molecule has 15 rings (SSSR count). The molecule has 0 saturated heterocycles. The number of benzene rings is 10. The van der Waals surface area contributed by atoms with Gasteiger partial charge in [-0.05, 0) is 156 Å². The Morgan fingerprint density at radius 1 is 0.423 bits per heavy atom. The van der Waals surface area contributed by atoms with Gasteiger partial charge in [0.15, 0.2) is 0 Å². The number of allylic oxidation sites excluding steroid dienone is 5. The van der Waals surface area contributed by atoms with Gasteiger partial charge in [0.2, 0.25) is 0 Å². The zero-order valence-electron chi connectivity index (χ0n) is 43.9. The molecule has 0 radical (unpaired) electrons. The molecule has 4 aliphatic carbocycles. The molecule has 0 spiro atoms. The topological polar surface area (TPSA) is 17.0 Å². The van der Waals surface area contributed by atoms with E-state index < -0.39 is 10.8 Å². The predicted octanol–water partition coefficient (Wildman–Crippen LogP) is 18.5. The molecule has 1 N–H and O–H groups in total. The third-order valence-electron chi connectivity index (χ3n) is 17.7. The maximum atomic E-state index is 4.20. The van der Waals surface area contributed by atoms with Crippen LogP contribution in [0.15, 0.2) is 290 Å². The average molecular weight is 999 g/mol. The van der Waals surface area contributed by atoms with Gasteiger partial charge < -0.3 is 9.88 Å². The van der Waals surface area contributed by atoms with Gasteiger partial charge >= 0.3 is 0 Å². The number of aromatic nitrogens is 1. The number of nitrogens with one attached hydrogen (secondary N) is 1. The molecule has 0 fully saturated rings. The van der Waals surface area contributed by atoms with Crippen LogP contribution in [0.4, 0.5) is 5.69 Å². The van der Waals surface area contributed by atoms with Crippen LogP contribution >= 0.6 is 0 Å². The lowest BCUT2D eigenvalue weighted by Crippen LogP contribution is -2.32. The van der Waals surface area contributed by atoms with Crippen molar-refractivity contribution in [3.8, 4) is 27.9 Å². The maximum absolute atomic E-state index is 4.20. The average Bonchev–Trinajstić information content (AvgIpc) is 3.61. The van der Waals surface area contributed by atoms with Crippen LogP contribution in [0.2, 0.25) is 0 Å². The molecule has 4 aliphatic rings. The highest BCUT2D eigenvalue weighted by Gasteiger charge is 2.48. The second-order valence-electron chi connectivity index (χ2n) is 22.1. The van der Waals surface area contributed by atoms with Gasteiger partial charge in [-0.2, -0.15) is 0 Å². The third-order valence-corrected chi connectivity index (χ3v) is 17.7. The van der Waals surface area contributed by atoms with Crippen molar-refractivity contribution in [1.82, 2.24) is 4.57 Å². The Labute approximate surface area is 457 Å². The van der Waals surface area contributed by atoms with Gasteiger partial charge in [-0.15, -0.1) is 0 Å². The van der Waals surface area contributed by atoms with Crippen molar-refractivity contribution in [2.45, 2.75) is 37.1 Å². The van der Waals surface area contributed by atoms with Crippen molar-refractivity contribution in [2.75, 3.05) is 5.32 Å². The second kappa shape index (κ2) is 18.2. The summed E-state index contributed by atoms with van der Waals surface area (Å²) in [4.78, 5) is 0. The van der Waals surface area contributed by atoms with Crippen LogP contribution in [-0.2, 0) is 10.8 Å². The fourth-order valence-electron chi connectivity index (χ4n) is 14.4. The van der Waals surface area contributed by atoms with E-state index in [-0.39, 0.29) is 12.0 Å². The van der Waals surface area contributed by atoms with Crippen LogP contribution in [0, 0.1) is 11.8 Å². The molecule has 2 nitrogen and oxygen atoms in total. The van der Waals surface area contributed by atoms with Gasteiger partial charge in [0.1, 0.15) is 0 Å². The summed E-state index contributed by atoms with van der Waals surface area (Å²) in [5.74, 6) is 0.625. The summed E-state index contributed by atoms with van der Waals surface area (Å²) in [7, 11) is 0. The van der Waals surface area contributed by atoms with Crippen LogP contribution in [-0.4, -0.2) is 10.6 Å². The number of rotatable bonds is 9. The molecular weight excluding hydrogens is 941 g/mol. The number of hydrogen-bond donors (Lipinski definition) is 1. The van der Waals surface area contributed by atoms with E-state index in [4.69, 9.17) is 0 Å². The van der Waals surface area contributed by atoms with Crippen LogP contribution in [0.25, 0.3) is 55.3 Å². The Balaban J connectivity index is 0.844. The smallest absolute Gasteiger partial charge is 0.0714 e. The molecule has 0 bridgehead atoms. The monoisotopic (exact) mass is 998 g/mol. The van der Waals surface area contributed by atoms with Crippen LogP contribution in [0.1, 0.15) is 70.3 Å². The maximum Gasteiger partial charge on any atom is 0.0714 e. The van der Waals surface area contributed by atoms with Gasteiger partial charge in [0.05, 0.1) is 27.9 Å². The SMILES string of the molecule is CC1C=C(c2ccc3c(c2)c2ccccc2n3-c2ccc3c(c2)C(c2ccccc2)(c2ccccc2)c2ccccc2-3)C=C(C2=C[C@@H](C)CC=C2)C1Nc1ccc2c(c1)C(c1ccccc1)(c1ccccc1)c1ccccc1-2. The first kappa shape index (κ1) is 46.1. The van der Waals surface area contributed by atoms with Crippen molar-refractivity contribution < 1.29 is 0 Å². The van der Waals surface area contributed by atoms with E-state index in [0.29, 0.717) is 5.92 Å². The van der Waals surface area contributed by atoms with Crippen LogP contribution in [0.5, 0.6) is 0 Å². The highest BCUT2D eigenvalue weighted by atomic mass is 15.0. The molecule has 1 heterocycles. The van der Waals surface area contributed by atoms with E-state index in [2.05, 4.69) is 303 Å². The molecule has 372 valence electrons. The zero-order valence-corrected chi connectivity index (χ0v) is 43.9. The minimum atomic E-state index is -0.487. The van der Waals surface area contributed by atoms with Crippen LogP contribution in [0.3, 0.4) is 0 Å². The van der Waals surface area contributed by atoms with Crippen molar-refractivity contribution in [3.63, 3.8) is 0 Å². The Hall–Kier alpha value is -9.24. The van der Waals surface area contributed by atoms with E-state index in [9.17, 15) is 0 Å². The zero-order chi connectivity index (χ0) is 52.0. The molecule has 78 heavy (non-hydrogen) atoms.